The Hall–Kier alpha value is -2.10. The fourth-order valence-electron chi connectivity index (χ4n) is 3.71. The van der Waals surface area contributed by atoms with Crippen LogP contribution in [0.3, 0.4) is 0 Å². The van der Waals surface area contributed by atoms with Crippen LogP contribution in [0.2, 0.25) is 0 Å². The maximum absolute atomic E-state index is 13.1. The number of hydrogen-bond donors (Lipinski definition) is 0. The highest BCUT2D eigenvalue weighted by Gasteiger charge is 2.53. The molecule has 1 aromatic rings. The third-order valence-electron chi connectivity index (χ3n) is 5.38. The standard InChI is InChI=1S/C23H30O4/c1-22(2,3)27-21(25)23(13-7-8-14-23)19(15-17-11-12-17)20(24)26-16-18-9-5-4-6-10-18/h4-10,17,19H,11-16H2,1-3H3. The van der Waals surface area contributed by atoms with Crippen LogP contribution in [0.4, 0.5) is 0 Å². The summed E-state index contributed by atoms with van der Waals surface area (Å²) in [7, 11) is 0. The molecule has 0 aliphatic heterocycles. The molecule has 2 aliphatic carbocycles. The van der Waals surface area contributed by atoms with E-state index in [-0.39, 0.29) is 18.5 Å². The van der Waals surface area contributed by atoms with Gasteiger partial charge in [-0.1, -0.05) is 55.3 Å². The zero-order valence-electron chi connectivity index (χ0n) is 16.6. The largest absolute Gasteiger partial charge is 0.461 e. The zero-order valence-corrected chi connectivity index (χ0v) is 16.6. The second-order valence-corrected chi connectivity index (χ2v) is 8.86. The van der Waals surface area contributed by atoms with Gasteiger partial charge in [-0.25, -0.2) is 0 Å². The molecule has 0 aromatic heterocycles. The van der Waals surface area contributed by atoms with Gasteiger partial charge in [0.15, 0.2) is 0 Å². The van der Waals surface area contributed by atoms with Crippen molar-refractivity contribution in [1.82, 2.24) is 0 Å². The lowest BCUT2D eigenvalue weighted by atomic mass is 9.70. The van der Waals surface area contributed by atoms with Crippen LogP contribution in [0.25, 0.3) is 0 Å². The fourth-order valence-corrected chi connectivity index (χ4v) is 3.71. The molecule has 1 atom stereocenters. The quantitative estimate of drug-likeness (QED) is 0.510. The molecule has 0 amide bonds. The highest BCUT2D eigenvalue weighted by molar-refractivity contribution is 5.86. The molecule has 27 heavy (non-hydrogen) atoms. The van der Waals surface area contributed by atoms with E-state index in [9.17, 15) is 9.59 Å². The molecule has 0 heterocycles. The van der Waals surface area contributed by atoms with Crippen molar-refractivity contribution in [3.63, 3.8) is 0 Å². The summed E-state index contributed by atoms with van der Waals surface area (Å²) in [5.74, 6) is -0.500. The molecule has 0 bridgehead atoms. The Morgan fingerprint density at radius 2 is 1.74 bits per heavy atom. The minimum Gasteiger partial charge on any atom is -0.461 e. The van der Waals surface area contributed by atoms with Crippen LogP contribution < -0.4 is 0 Å². The Kier molecular flexibility index (Phi) is 5.73. The van der Waals surface area contributed by atoms with Gasteiger partial charge in [-0.2, -0.15) is 0 Å². The first-order valence-electron chi connectivity index (χ1n) is 9.89. The summed E-state index contributed by atoms with van der Waals surface area (Å²) >= 11 is 0. The molecule has 3 rings (SSSR count). The van der Waals surface area contributed by atoms with Crippen molar-refractivity contribution >= 4 is 11.9 Å². The molecular formula is C23H30O4. The molecule has 2 aliphatic rings. The fraction of sp³-hybridized carbons (Fsp3) is 0.565. The van der Waals surface area contributed by atoms with Gasteiger partial charge in [0.05, 0.1) is 11.3 Å². The number of rotatable bonds is 7. The summed E-state index contributed by atoms with van der Waals surface area (Å²) in [5, 5.41) is 0. The molecule has 0 saturated heterocycles. The maximum atomic E-state index is 13.1. The molecular weight excluding hydrogens is 340 g/mol. The second kappa shape index (κ2) is 7.87. The molecule has 0 spiro atoms. The molecule has 0 radical (unpaired) electrons. The van der Waals surface area contributed by atoms with Gasteiger partial charge in [0.1, 0.15) is 12.2 Å². The average molecular weight is 370 g/mol. The van der Waals surface area contributed by atoms with E-state index >= 15 is 0 Å². The Bertz CT molecular complexity index is 687. The minimum atomic E-state index is -0.830. The average Bonchev–Trinajstić information content (AvgIpc) is 3.30. The van der Waals surface area contributed by atoms with E-state index in [0.29, 0.717) is 25.2 Å². The van der Waals surface area contributed by atoms with E-state index in [2.05, 4.69) is 0 Å². The van der Waals surface area contributed by atoms with Gasteiger partial charge < -0.3 is 9.47 Å². The highest BCUT2D eigenvalue weighted by atomic mass is 16.6. The molecule has 1 saturated carbocycles. The van der Waals surface area contributed by atoms with E-state index in [1.165, 1.54) is 0 Å². The Labute approximate surface area is 161 Å². The van der Waals surface area contributed by atoms with Gasteiger partial charge in [0.2, 0.25) is 0 Å². The summed E-state index contributed by atoms with van der Waals surface area (Å²) < 4.78 is 11.4. The molecule has 1 aromatic carbocycles. The van der Waals surface area contributed by atoms with E-state index in [4.69, 9.17) is 9.47 Å². The van der Waals surface area contributed by atoms with Crippen LogP contribution in [0.15, 0.2) is 42.5 Å². The third kappa shape index (κ3) is 5.00. The van der Waals surface area contributed by atoms with Crippen LogP contribution in [0.1, 0.15) is 58.4 Å². The highest BCUT2D eigenvalue weighted by Crippen LogP contribution is 2.49. The minimum absolute atomic E-state index is 0.235. The van der Waals surface area contributed by atoms with Gasteiger partial charge in [0, 0.05) is 0 Å². The van der Waals surface area contributed by atoms with Crippen molar-refractivity contribution in [1.29, 1.82) is 0 Å². The number of benzene rings is 1. The zero-order chi connectivity index (χ0) is 19.5. The van der Waals surface area contributed by atoms with E-state index in [1.807, 2.05) is 63.3 Å². The van der Waals surface area contributed by atoms with Crippen LogP contribution in [-0.4, -0.2) is 17.5 Å². The van der Waals surface area contributed by atoms with Gasteiger partial charge in [-0.15, -0.1) is 0 Å². The molecule has 4 nitrogen and oxygen atoms in total. The lowest BCUT2D eigenvalue weighted by Crippen LogP contribution is -2.45. The summed E-state index contributed by atoms with van der Waals surface area (Å²) in [4.78, 5) is 26.2. The van der Waals surface area contributed by atoms with Gasteiger partial charge in [0.25, 0.3) is 0 Å². The van der Waals surface area contributed by atoms with E-state index in [1.54, 1.807) is 0 Å². The number of hydrogen-bond acceptors (Lipinski definition) is 4. The predicted octanol–water partition coefficient (Wildman–Crippen LogP) is 4.82. The van der Waals surface area contributed by atoms with Crippen LogP contribution in [0.5, 0.6) is 0 Å². The summed E-state index contributed by atoms with van der Waals surface area (Å²) in [6, 6.07) is 9.65. The maximum Gasteiger partial charge on any atom is 0.314 e. The normalized spacial score (nSPS) is 19.5. The first-order valence-corrected chi connectivity index (χ1v) is 9.89. The third-order valence-corrected chi connectivity index (χ3v) is 5.38. The van der Waals surface area contributed by atoms with Crippen LogP contribution in [0, 0.1) is 17.3 Å². The molecule has 0 N–H and O–H groups in total. The lowest BCUT2D eigenvalue weighted by molar-refractivity contribution is -0.178. The summed E-state index contributed by atoms with van der Waals surface area (Å²) in [6.45, 7) is 5.83. The van der Waals surface area contributed by atoms with Crippen molar-refractivity contribution in [2.45, 2.75) is 65.1 Å². The van der Waals surface area contributed by atoms with Crippen molar-refractivity contribution < 1.29 is 19.1 Å². The first-order chi connectivity index (χ1) is 12.8. The topological polar surface area (TPSA) is 52.6 Å². The van der Waals surface area contributed by atoms with Crippen molar-refractivity contribution in [3.8, 4) is 0 Å². The Balaban J connectivity index is 1.78. The molecule has 1 fully saturated rings. The predicted molar refractivity (Wildman–Crippen MR) is 104 cm³/mol. The van der Waals surface area contributed by atoms with Crippen molar-refractivity contribution in [3.05, 3.63) is 48.0 Å². The van der Waals surface area contributed by atoms with Gasteiger partial charge in [-0.3, -0.25) is 9.59 Å². The lowest BCUT2D eigenvalue weighted by Gasteiger charge is -2.36. The number of carbonyl (C=O) groups is 2. The van der Waals surface area contributed by atoms with Crippen molar-refractivity contribution in [2.75, 3.05) is 0 Å². The monoisotopic (exact) mass is 370 g/mol. The molecule has 146 valence electrons. The molecule has 4 heteroatoms. The number of esters is 2. The van der Waals surface area contributed by atoms with E-state index < -0.39 is 16.9 Å². The van der Waals surface area contributed by atoms with Crippen molar-refractivity contribution in [2.24, 2.45) is 17.3 Å². The second-order valence-electron chi connectivity index (χ2n) is 8.86. The number of allylic oxidation sites excluding steroid dienone is 2. The molecule has 1 unspecified atom stereocenters. The smallest absolute Gasteiger partial charge is 0.314 e. The first kappa shape index (κ1) is 19.7. The Morgan fingerprint density at radius 1 is 1.11 bits per heavy atom. The van der Waals surface area contributed by atoms with Crippen LogP contribution in [-0.2, 0) is 25.7 Å². The number of carbonyl (C=O) groups excluding carboxylic acids is 2. The van der Waals surface area contributed by atoms with E-state index in [0.717, 1.165) is 18.4 Å². The van der Waals surface area contributed by atoms with Gasteiger partial charge >= 0.3 is 11.9 Å². The summed E-state index contributed by atoms with van der Waals surface area (Å²) in [6.07, 6.45) is 8.02. The van der Waals surface area contributed by atoms with Gasteiger partial charge in [-0.05, 0) is 51.5 Å². The number of ether oxygens (including phenoxy) is 2. The summed E-state index contributed by atoms with van der Waals surface area (Å²) in [5.41, 5.74) is -0.458. The Morgan fingerprint density at radius 3 is 2.30 bits per heavy atom. The SMILES string of the molecule is CC(C)(C)OC(=O)C1(C(CC2CC2)C(=O)OCc2ccccc2)CC=CC1. The van der Waals surface area contributed by atoms with Crippen LogP contribution >= 0.6 is 0 Å².